The zero-order valence-corrected chi connectivity index (χ0v) is 11.0. The second-order valence-electron chi connectivity index (χ2n) is 3.64. The largest absolute Gasteiger partial charge is 0.386 e. The van der Waals surface area contributed by atoms with Gasteiger partial charge < -0.3 is 15.8 Å². The predicted octanol–water partition coefficient (Wildman–Crippen LogP) is 2.50. The first-order valence-electron chi connectivity index (χ1n) is 5.59. The van der Waals surface area contributed by atoms with Crippen LogP contribution in [0.4, 0.5) is 15.8 Å². The van der Waals surface area contributed by atoms with Crippen molar-refractivity contribution in [2.75, 3.05) is 31.5 Å². The molecule has 0 saturated heterocycles. The smallest absolute Gasteiger partial charge is 0.148 e. The molecular weight excluding hydrogens is 257 g/mol. The van der Waals surface area contributed by atoms with E-state index < -0.39 is 0 Å². The molecule has 100 valence electrons. The molecule has 1 aromatic rings. The molecule has 1 aromatic carbocycles. The number of amidine groups is 1. The molecule has 0 unspecified atom stereocenters. The number of aliphatic imine (C=N–C) groups is 1. The topological polar surface area (TPSA) is 59.6 Å². The zero-order valence-electron chi connectivity index (χ0n) is 10.2. The Morgan fingerprint density at radius 2 is 2.33 bits per heavy atom. The number of ether oxygens (including phenoxy) is 1. The fraction of sp³-hybridized carbons (Fsp3) is 0.417. The normalized spacial score (nSPS) is 11.6. The predicted molar refractivity (Wildman–Crippen MR) is 73.4 cm³/mol. The number of alkyl halides is 1. The van der Waals surface area contributed by atoms with Gasteiger partial charge in [0.15, 0.2) is 0 Å². The minimum atomic E-state index is -0.365. The number of halogens is 2. The lowest BCUT2D eigenvalue weighted by molar-refractivity contribution is 0.197. The highest BCUT2D eigenvalue weighted by Crippen LogP contribution is 2.27. The summed E-state index contributed by atoms with van der Waals surface area (Å²) in [5.74, 6) is -0.00199. The number of methoxy groups -OCH3 is 1. The van der Waals surface area contributed by atoms with Gasteiger partial charge in [0.1, 0.15) is 11.7 Å². The van der Waals surface area contributed by atoms with Gasteiger partial charge >= 0.3 is 0 Å². The number of benzene rings is 1. The maximum Gasteiger partial charge on any atom is 0.148 e. The van der Waals surface area contributed by atoms with Crippen LogP contribution in [0.3, 0.4) is 0 Å². The van der Waals surface area contributed by atoms with Crippen molar-refractivity contribution in [2.24, 2.45) is 10.7 Å². The van der Waals surface area contributed by atoms with E-state index in [4.69, 9.17) is 22.1 Å². The quantitative estimate of drug-likeness (QED) is 0.347. The number of nitrogens with two attached hydrogens (primary N) is 1. The third-order valence-electron chi connectivity index (χ3n) is 2.22. The molecule has 3 N–H and O–H groups in total. The van der Waals surface area contributed by atoms with E-state index in [-0.39, 0.29) is 17.5 Å². The molecule has 0 heterocycles. The van der Waals surface area contributed by atoms with Gasteiger partial charge in [-0.2, -0.15) is 0 Å². The number of anilines is 1. The van der Waals surface area contributed by atoms with Crippen LogP contribution in [0.15, 0.2) is 23.2 Å². The summed E-state index contributed by atoms with van der Waals surface area (Å²) >= 11 is 5.55. The van der Waals surface area contributed by atoms with Gasteiger partial charge in [-0.25, -0.2) is 9.38 Å². The second-order valence-corrected chi connectivity index (χ2v) is 3.91. The van der Waals surface area contributed by atoms with Gasteiger partial charge in [0.2, 0.25) is 0 Å². The van der Waals surface area contributed by atoms with Crippen molar-refractivity contribution < 1.29 is 9.13 Å². The average Bonchev–Trinajstić information content (AvgIpc) is 2.37. The summed E-state index contributed by atoms with van der Waals surface area (Å²) in [5.41, 5.74) is 6.33. The zero-order chi connectivity index (χ0) is 13.4. The number of para-hydroxylation sites is 1. The highest BCUT2D eigenvalue weighted by atomic mass is 35.5. The highest BCUT2D eigenvalue weighted by molar-refractivity contribution is 6.28. The molecule has 0 bridgehead atoms. The third-order valence-corrected chi connectivity index (χ3v) is 2.49. The Hall–Kier alpha value is -1.33. The molecule has 0 saturated carbocycles. The first-order valence-corrected chi connectivity index (χ1v) is 6.12. The van der Waals surface area contributed by atoms with Crippen LogP contribution in [0.5, 0.6) is 0 Å². The van der Waals surface area contributed by atoms with Crippen molar-refractivity contribution in [1.82, 2.24) is 0 Å². The van der Waals surface area contributed by atoms with E-state index in [1.807, 2.05) is 0 Å². The molecule has 0 atom stereocenters. The summed E-state index contributed by atoms with van der Waals surface area (Å²) in [4.78, 5) is 4.07. The molecular formula is C12H17ClFN3O. The molecule has 0 aliphatic heterocycles. The molecule has 0 radical (unpaired) electrons. The monoisotopic (exact) mass is 273 g/mol. The molecule has 0 aliphatic carbocycles. The van der Waals surface area contributed by atoms with Crippen LogP contribution < -0.4 is 11.1 Å². The van der Waals surface area contributed by atoms with Crippen molar-refractivity contribution in [3.05, 3.63) is 24.0 Å². The molecule has 4 nitrogen and oxygen atoms in total. The van der Waals surface area contributed by atoms with Crippen LogP contribution in [0.25, 0.3) is 0 Å². The number of nitrogens with zero attached hydrogens (tertiary/aromatic N) is 1. The average molecular weight is 274 g/mol. The summed E-state index contributed by atoms with van der Waals surface area (Å²) < 4.78 is 18.6. The number of rotatable bonds is 7. The summed E-state index contributed by atoms with van der Waals surface area (Å²) in [7, 11) is 1.62. The van der Waals surface area contributed by atoms with E-state index >= 15 is 0 Å². The molecule has 18 heavy (non-hydrogen) atoms. The van der Waals surface area contributed by atoms with Crippen LogP contribution in [0, 0.1) is 5.82 Å². The van der Waals surface area contributed by atoms with Crippen LogP contribution >= 0.6 is 11.6 Å². The van der Waals surface area contributed by atoms with Crippen molar-refractivity contribution in [3.63, 3.8) is 0 Å². The summed E-state index contributed by atoms with van der Waals surface area (Å²) in [5, 5.41) is 2.99. The molecule has 0 aromatic heterocycles. The van der Waals surface area contributed by atoms with Crippen LogP contribution in [0.1, 0.15) is 6.42 Å². The maximum atomic E-state index is 13.7. The van der Waals surface area contributed by atoms with E-state index in [0.717, 1.165) is 6.42 Å². The van der Waals surface area contributed by atoms with Crippen LogP contribution in [0.2, 0.25) is 0 Å². The Balaban J connectivity index is 2.80. The Morgan fingerprint density at radius 1 is 1.56 bits per heavy atom. The number of nitrogens with one attached hydrogen (secondary N) is 1. The fourth-order valence-corrected chi connectivity index (χ4v) is 1.46. The van der Waals surface area contributed by atoms with E-state index in [0.29, 0.717) is 24.5 Å². The lowest BCUT2D eigenvalue weighted by atomic mass is 10.2. The van der Waals surface area contributed by atoms with E-state index in [9.17, 15) is 4.39 Å². The van der Waals surface area contributed by atoms with Gasteiger partial charge in [-0.05, 0) is 18.6 Å². The number of hydrogen-bond acceptors (Lipinski definition) is 3. The molecule has 1 rings (SSSR count). The van der Waals surface area contributed by atoms with Gasteiger partial charge in [0, 0.05) is 20.3 Å². The SMILES string of the molecule is COCCCNc1c(F)cccc1N=C(N)CCl. The molecule has 6 heteroatoms. The second kappa shape index (κ2) is 7.89. The van der Waals surface area contributed by atoms with Crippen molar-refractivity contribution in [2.45, 2.75) is 6.42 Å². The van der Waals surface area contributed by atoms with Crippen molar-refractivity contribution >= 4 is 28.8 Å². The first-order chi connectivity index (χ1) is 8.69. The Morgan fingerprint density at radius 3 is 3.00 bits per heavy atom. The molecule has 0 spiro atoms. The van der Waals surface area contributed by atoms with E-state index in [1.54, 1.807) is 19.2 Å². The van der Waals surface area contributed by atoms with E-state index in [1.165, 1.54) is 6.07 Å². The highest BCUT2D eigenvalue weighted by Gasteiger charge is 2.07. The standard InChI is InChI=1S/C12H17ClFN3O/c1-18-7-3-6-16-12-9(14)4-2-5-10(12)17-11(15)8-13/h2,4-5,16H,3,6-8H2,1H3,(H2,15,17). The van der Waals surface area contributed by atoms with Crippen LogP contribution in [-0.2, 0) is 4.74 Å². The van der Waals surface area contributed by atoms with Crippen molar-refractivity contribution in [1.29, 1.82) is 0 Å². The Labute approximate surface area is 111 Å². The molecule has 0 fully saturated rings. The van der Waals surface area contributed by atoms with Crippen LogP contribution in [-0.4, -0.2) is 32.0 Å². The third kappa shape index (κ3) is 4.50. The van der Waals surface area contributed by atoms with Gasteiger partial charge in [-0.3, -0.25) is 0 Å². The summed E-state index contributed by atoms with van der Waals surface area (Å²) in [6.07, 6.45) is 0.777. The minimum Gasteiger partial charge on any atom is -0.386 e. The maximum absolute atomic E-state index is 13.7. The van der Waals surface area contributed by atoms with Gasteiger partial charge in [-0.15, -0.1) is 11.6 Å². The minimum absolute atomic E-state index is 0.111. The Bertz CT molecular complexity index is 412. The van der Waals surface area contributed by atoms with Gasteiger partial charge in [0.25, 0.3) is 0 Å². The van der Waals surface area contributed by atoms with Crippen molar-refractivity contribution in [3.8, 4) is 0 Å². The summed E-state index contributed by atoms with van der Waals surface area (Å²) in [6.45, 7) is 1.21. The first kappa shape index (κ1) is 14.7. The number of hydrogen-bond donors (Lipinski definition) is 2. The molecule has 0 aliphatic rings. The fourth-order valence-electron chi connectivity index (χ4n) is 1.40. The van der Waals surface area contributed by atoms with Gasteiger partial charge in [0.05, 0.1) is 17.3 Å². The van der Waals surface area contributed by atoms with E-state index in [2.05, 4.69) is 10.3 Å². The summed E-state index contributed by atoms with van der Waals surface area (Å²) in [6, 6.07) is 4.63. The lowest BCUT2D eigenvalue weighted by Gasteiger charge is -2.10. The molecule has 0 amide bonds. The van der Waals surface area contributed by atoms with Gasteiger partial charge in [-0.1, -0.05) is 6.07 Å². The lowest BCUT2D eigenvalue weighted by Crippen LogP contribution is -2.13. The Kier molecular flexibility index (Phi) is 6.46.